The molecule has 0 bridgehead atoms. The number of nitrogens with two attached hydrogens (primary N) is 1. The lowest BCUT2D eigenvalue weighted by Crippen LogP contribution is -2.41. The van der Waals surface area contributed by atoms with Gasteiger partial charge in [0.15, 0.2) is 0 Å². The zero-order valence-corrected chi connectivity index (χ0v) is 12.5. The molecule has 2 rings (SSSR count). The van der Waals surface area contributed by atoms with Crippen molar-refractivity contribution in [3.63, 3.8) is 0 Å². The highest BCUT2D eigenvalue weighted by molar-refractivity contribution is 5.39. The predicted molar refractivity (Wildman–Crippen MR) is 80.5 cm³/mol. The summed E-state index contributed by atoms with van der Waals surface area (Å²) < 4.78 is 5.28. The maximum atomic E-state index is 6.69. The first-order chi connectivity index (χ1) is 9.09. The van der Waals surface area contributed by atoms with E-state index in [-0.39, 0.29) is 5.54 Å². The molecule has 2 heteroatoms. The first kappa shape index (κ1) is 14.4. The van der Waals surface area contributed by atoms with Crippen molar-refractivity contribution in [3.05, 3.63) is 29.3 Å². The van der Waals surface area contributed by atoms with Gasteiger partial charge >= 0.3 is 0 Å². The maximum absolute atomic E-state index is 6.69. The molecule has 0 aliphatic heterocycles. The fraction of sp³-hybridized carbons (Fsp3) is 0.647. The molecule has 0 unspecified atom stereocenters. The largest absolute Gasteiger partial charge is 0.497 e. The van der Waals surface area contributed by atoms with Gasteiger partial charge in [0, 0.05) is 5.54 Å². The first-order valence-electron chi connectivity index (χ1n) is 7.53. The van der Waals surface area contributed by atoms with Crippen LogP contribution in [0.1, 0.15) is 56.6 Å². The Labute approximate surface area is 117 Å². The van der Waals surface area contributed by atoms with Gasteiger partial charge in [-0.05, 0) is 61.8 Å². The summed E-state index contributed by atoms with van der Waals surface area (Å²) in [6.07, 6.45) is 7.43. The quantitative estimate of drug-likeness (QED) is 0.883. The molecule has 1 aromatic carbocycles. The molecule has 1 saturated carbocycles. The van der Waals surface area contributed by atoms with E-state index in [4.69, 9.17) is 10.5 Å². The van der Waals surface area contributed by atoms with E-state index in [2.05, 4.69) is 26.0 Å². The Balaban J connectivity index is 2.13. The molecule has 2 N–H and O–H groups in total. The van der Waals surface area contributed by atoms with E-state index in [0.29, 0.717) is 0 Å². The zero-order valence-electron chi connectivity index (χ0n) is 12.5. The molecule has 0 spiro atoms. The molecule has 0 radical (unpaired) electrons. The van der Waals surface area contributed by atoms with Gasteiger partial charge < -0.3 is 10.5 Å². The summed E-state index contributed by atoms with van der Waals surface area (Å²) in [7, 11) is 1.71. The van der Waals surface area contributed by atoms with Crippen LogP contribution in [0.25, 0.3) is 0 Å². The van der Waals surface area contributed by atoms with Crippen LogP contribution >= 0.6 is 0 Å². The van der Waals surface area contributed by atoms with Crippen LogP contribution in [0.5, 0.6) is 5.75 Å². The molecule has 1 fully saturated rings. The monoisotopic (exact) mass is 261 g/mol. The molecule has 0 atom stereocenters. The lowest BCUT2D eigenvalue weighted by atomic mass is 9.71. The van der Waals surface area contributed by atoms with E-state index >= 15 is 0 Å². The summed E-state index contributed by atoms with van der Waals surface area (Å²) in [6.45, 7) is 4.42. The van der Waals surface area contributed by atoms with Crippen LogP contribution < -0.4 is 10.5 Å². The topological polar surface area (TPSA) is 35.2 Å². The van der Waals surface area contributed by atoms with E-state index in [0.717, 1.165) is 24.5 Å². The van der Waals surface area contributed by atoms with Gasteiger partial charge in [-0.3, -0.25) is 0 Å². The van der Waals surface area contributed by atoms with Gasteiger partial charge in [-0.25, -0.2) is 0 Å². The molecule has 1 aliphatic rings. The van der Waals surface area contributed by atoms with Crippen molar-refractivity contribution in [3.8, 4) is 5.75 Å². The molecule has 0 heterocycles. The number of methoxy groups -OCH3 is 1. The van der Waals surface area contributed by atoms with Gasteiger partial charge in [0.05, 0.1) is 7.11 Å². The van der Waals surface area contributed by atoms with Gasteiger partial charge in [-0.1, -0.05) is 25.8 Å². The van der Waals surface area contributed by atoms with Crippen molar-refractivity contribution in [2.45, 2.75) is 57.9 Å². The smallest absolute Gasteiger partial charge is 0.119 e. The summed E-state index contributed by atoms with van der Waals surface area (Å²) in [4.78, 5) is 0. The highest BCUT2D eigenvalue weighted by atomic mass is 16.5. The second kappa shape index (κ2) is 5.96. The van der Waals surface area contributed by atoms with Crippen LogP contribution in [0, 0.1) is 12.8 Å². The van der Waals surface area contributed by atoms with Gasteiger partial charge in [0.2, 0.25) is 0 Å². The summed E-state index contributed by atoms with van der Waals surface area (Å²) >= 11 is 0. The van der Waals surface area contributed by atoms with E-state index < -0.39 is 0 Å². The molecule has 0 aromatic heterocycles. The molecule has 2 nitrogen and oxygen atoms in total. The molecule has 1 aromatic rings. The molecule has 19 heavy (non-hydrogen) atoms. The van der Waals surface area contributed by atoms with E-state index in [1.807, 2.05) is 6.07 Å². The number of benzene rings is 1. The Bertz CT molecular complexity index is 419. The lowest BCUT2D eigenvalue weighted by molar-refractivity contribution is 0.225. The minimum absolute atomic E-state index is 0.124. The van der Waals surface area contributed by atoms with E-state index in [1.165, 1.54) is 36.8 Å². The third kappa shape index (κ3) is 3.11. The fourth-order valence-electron chi connectivity index (χ4n) is 3.48. The van der Waals surface area contributed by atoms with Crippen LogP contribution in [0.4, 0.5) is 0 Å². The first-order valence-corrected chi connectivity index (χ1v) is 7.53. The Morgan fingerprint density at radius 2 is 2.00 bits per heavy atom. The fourth-order valence-corrected chi connectivity index (χ4v) is 3.48. The molecule has 106 valence electrons. The number of hydrogen-bond acceptors (Lipinski definition) is 2. The molecule has 1 aliphatic carbocycles. The third-order valence-electron chi connectivity index (χ3n) is 4.66. The average molecular weight is 261 g/mol. The molecular weight excluding hydrogens is 234 g/mol. The van der Waals surface area contributed by atoms with Crippen LogP contribution in [0.3, 0.4) is 0 Å². The van der Waals surface area contributed by atoms with Crippen molar-refractivity contribution < 1.29 is 4.74 Å². The highest BCUT2D eigenvalue weighted by Gasteiger charge is 2.33. The van der Waals surface area contributed by atoms with E-state index in [9.17, 15) is 0 Å². The number of hydrogen-bond donors (Lipinski definition) is 1. The molecule has 0 amide bonds. The SMILES string of the molecule is CCCC1CCC(N)(c2ccc(OC)cc2C)CC1. The third-order valence-corrected chi connectivity index (χ3v) is 4.66. The van der Waals surface area contributed by atoms with Crippen LogP contribution in [-0.2, 0) is 5.54 Å². The number of ether oxygens (including phenoxy) is 1. The lowest BCUT2D eigenvalue weighted by Gasteiger charge is -2.38. The Morgan fingerprint density at radius 1 is 1.32 bits per heavy atom. The van der Waals surface area contributed by atoms with Crippen molar-refractivity contribution >= 4 is 0 Å². The Kier molecular flexibility index (Phi) is 4.51. The Morgan fingerprint density at radius 3 is 2.53 bits per heavy atom. The standard InChI is InChI=1S/C17H27NO/c1-4-5-14-8-10-17(18,11-9-14)16-7-6-15(19-3)12-13(16)2/h6-7,12,14H,4-5,8-11,18H2,1-3H3. The average Bonchev–Trinajstić information content (AvgIpc) is 2.41. The molecular formula is C17H27NO. The minimum Gasteiger partial charge on any atom is -0.497 e. The van der Waals surface area contributed by atoms with E-state index in [1.54, 1.807) is 7.11 Å². The van der Waals surface area contributed by atoms with Gasteiger partial charge in [-0.15, -0.1) is 0 Å². The second-order valence-corrected chi connectivity index (χ2v) is 6.07. The summed E-state index contributed by atoms with van der Waals surface area (Å²) in [5.74, 6) is 1.81. The van der Waals surface area contributed by atoms with Gasteiger partial charge in [0.1, 0.15) is 5.75 Å². The van der Waals surface area contributed by atoms with Gasteiger partial charge in [-0.2, -0.15) is 0 Å². The second-order valence-electron chi connectivity index (χ2n) is 6.07. The summed E-state index contributed by atoms with van der Waals surface area (Å²) in [6, 6.07) is 6.30. The normalized spacial score (nSPS) is 27.3. The summed E-state index contributed by atoms with van der Waals surface area (Å²) in [5, 5.41) is 0. The van der Waals surface area contributed by atoms with Crippen molar-refractivity contribution in [2.75, 3.05) is 7.11 Å². The highest BCUT2D eigenvalue weighted by Crippen LogP contribution is 2.40. The zero-order chi connectivity index (χ0) is 13.9. The van der Waals surface area contributed by atoms with Crippen LogP contribution in [0.2, 0.25) is 0 Å². The van der Waals surface area contributed by atoms with Crippen molar-refractivity contribution in [2.24, 2.45) is 11.7 Å². The number of rotatable bonds is 4. The van der Waals surface area contributed by atoms with Crippen molar-refractivity contribution in [1.82, 2.24) is 0 Å². The maximum Gasteiger partial charge on any atom is 0.119 e. The summed E-state index contributed by atoms with van der Waals surface area (Å²) in [5.41, 5.74) is 9.13. The Hall–Kier alpha value is -1.02. The number of aryl methyl sites for hydroxylation is 1. The minimum atomic E-state index is -0.124. The molecule has 0 saturated heterocycles. The van der Waals surface area contributed by atoms with Crippen molar-refractivity contribution in [1.29, 1.82) is 0 Å². The van der Waals surface area contributed by atoms with Crippen LogP contribution in [0.15, 0.2) is 18.2 Å². The predicted octanol–water partition coefficient (Wildman–Crippen LogP) is 4.15. The van der Waals surface area contributed by atoms with Crippen LogP contribution in [-0.4, -0.2) is 7.11 Å². The van der Waals surface area contributed by atoms with Gasteiger partial charge in [0.25, 0.3) is 0 Å².